The summed E-state index contributed by atoms with van der Waals surface area (Å²) < 4.78 is 0. The minimum Gasteiger partial charge on any atom is -0.367 e. The lowest BCUT2D eigenvalue weighted by Crippen LogP contribution is -2.52. The third kappa shape index (κ3) is 4.95. The number of nitrogens with one attached hydrogen (secondary N) is 1. The van der Waals surface area contributed by atoms with Crippen LogP contribution >= 0.6 is 11.6 Å². The second kappa shape index (κ2) is 9.46. The highest BCUT2D eigenvalue weighted by Gasteiger charge is 2.21. The van der Waals surface area contributed by atoms with Gasteiger partial charge in [0.05, 0.1) is 17.3 Å². The maximum absolute atomic E-state index is 11.4. The highest BCUT2D eigenvalue weighted by molar-refractivity contribution is 6.33. The van der Waals surface area contributed by atoms with E-state index in [1.54, 1.807) is 12.1 Å². The van der Waals surface area contributed by atoms with Crippen molar-refractivity contribution in [3.05, 3.63) is 64.7 Å². The molecule has 0 aliphatic carbocycles. The Morgan fingerprint density at radius 3 is 2.57 bits per heavy atom. The molecule has 7 heteroatoms. The van der Waals surface area contributed by atoms with Gasteiger partial charge in [0.2, 0.25) is 5.91 Å². The Labute approximate surface area is 171 Å². The Morgan fingerprint density at radius 1 is 1.14 bits per heavy atom. The average Bonchev–Trinajstić information content (AvgIpc) is 2.72. The van der Waals surface area contributed by atoms with Gasteiger partial charge in [0.1, 0.15) is 0 Å². The van der Waals surface area contributed by atoms with Crippen LogP contribution in [-0.4, -0.2) is 49.5 Å². The van der Waals surface area contributed by atoms with Crippen LogP contribution < -0.4 is 16.0 Å². The van der Waals surface area contributed by atoms with Gasteiger partial charge in [-0.25, -0.2) is 4.99 Å². The highest BCUT2D eigenvalue weighted by Crippen LogP contribution is 2.26. The smallest absolute Gasteiger partial charge is 0.248 e. The van der Waals surface area contributed by atoms with Crippen LogP contribution in [0, 0.1) is 0 Å². The number of benzene rings is 2. The lowest BCUT2D eigenvalue weighted by atomic mass is 10.1. The summed E-state index contributed by atoms with van der Waals surface area (Å²) in [4.78, 5) is 20.7. The van der Waals surface area contributed by atoms with Crippen LogP contribution in [0.4, 0.5) is 5.69 Å². The van der Waals surface area contributed by atoms with E-state index in [2.05, 4.69) is 28.1 Å². The molecule has 1 fully saturated rings. The fourth-order valence-corrected chi connectivity index (χ4v) is 3.54. The van der Waals surface area contributed by atoms with Crippen molar-refractivity contribution in [3.8, 4) is 0 Å². The van der Waals surface area contributed by atoms with Crippen molar-refractivity contribution in [1.29, 1.82) is 0 Å². The van der Waals surface area contributed by atoms with Crippen LogP contribution in [0.15, 0.2) is 53.5 Å². The molecule has 2 aromatic rings. The molecule has 28 heavy (non-hydrogen) atoms. The Kier molecular flexibility index (Phi) is 6.76. The van der Waals surface area contributed by atoms with Crippen LogP contribution in [0.2, 0.25) is 5.02 Å². The summed E-state index contributed by atoms with van der Waals surface area (Å²) in [5.74, 6) is 0.458. The topological polar surface area (TPSA) is 74.0 Å². The SMILES string of the molecule is CCNC(=NCc1cccc(C(N)=O)c1)N1CCN(c2ccccc2Cl)CC1. The molecule has 1 heterocycles. The summed E-state index contributed by atoms with van der Waals surface area (Å²) in [7, 11) is 0. The van der Waals surface area contributed by atoms with Gasteiger partial charge in [-0.05, 0) is 36.8 Å². The maximum atomic E-state index is 11.4. The monoisotopic (exact) mass is 399 g/mol. The number of primary amides is 1. The summed E-state index contributed by atoms with van der Waals surface area (Å²) in [6.07, 6.45) is 0. The average molecular weight is 400 g/mol. The van der Waals surface area contributed by atoms with Gasteiger partial charge in [0.15, 0.2) is 5.96 Å². The van der Waals surface area contributed by atoms with Crippen LogP contribution in [0.5, 0.6) is 0 Å². The number of carbonyl (C=O) groups excluding carboxylic acids is 1. The third-order valence-electron chi connectivity index (χ3n) is 4.73. The van der Waals surface area contributed by atoms with E-state index in [1.165, 1.54) is 0 Å². The number of hydrogen-bond donors (Lipinski definition) is 2. The van der Waals surface area contributed by atoms with E-state index in [4.69, 9.17) is 22.3 Å². The number of halogens is 1. The first kappa shape index (κ1) is 20.0. The van der Waals surface area contributed by atoms with Crippen molar-refractivity contribution in [1.82, 2.24) is 10.2 Å². The minimum absolute atomic E-state index is 0.423. The molecule has 6 nitrogen and oxygen atoms in total. The number of nitrogens with zero attached hydrogens (tertiary/aromatic N) is 3. The van der Waals surface area contributed by atoms with Crippen molar-refractivity contribution in [2.75, 3.05) is 37.6 Å². The molecule has 3 N–H and O–H groups in total. The molecule has 0 saturated carbocycles. The molecule has 0 radical (unpaired) electrons. The van der Waals surface area contributed by atoms with Crippen molar-refractivity contribution in [2.45, 2.75) is 13.5 Å². The van der Waals surface area contributed by atoms with Crippen LogP contribution in [0.1, 0.15) is 22.8 Å². The van der Waals surface area contributed by atoms with Gasteiger partial charge in [-0.3, -0.25) is 4.79 Å². The van der Waals surface area contributed by atoms with Crippen molar-refractivity contribution in [2.24, 2.45) is 10.7 Å². The lowest BCUT2D eigenvalue weighted by Gasteiger charge is -2.38. The van der Waals surface area contributed by atoms with Crippen molar-refractivity contribution in [3.63, 3.8) is 0 Å². The molecule has 0 atom stereocenters. The Morgan fingerprint density at radius 2 is 1.89 bits per heavy atom. The number of aliphatic imine (C=N–C) groups is 1. The molecular weight excluding hydrogens is 374 g/mol. The summed E-state index contributed by atoms with van der Waals surface area (Å²) in [6.45, 7) is 6.83. The zero-order valence-corrected chi connectivity index (χ0v) is 16.8. The van der Waals surface area contributed by atoms with Gasteiger partial charge in [-0.2, -0.15) is 0 Å². The van der Waals surface area contributed by atoms with E-state index in [0.29, 0.717) is 12.1 Å². The van der Waals surface area contributed by atoms with Gasteiger partial charge in [0.25, 0.3) is 0 Å². The quantitative estimate of drug-likeness (QED) is 0.599. The number of rotatable bonds is 5. The van der Waals surface area contributed by atoms with Crippen LogP contribution in [-0.2, 0) is 6.54 Å². The number of guanidine groups is 1. The zero-order valence-electron chi connectivity index (χ0n) is 16.1. The maximum Gasteiger partial charge on any atom is 0.248 e. The van der Waals surface area contributed by atoms with Gasteiger partial charge in [-0.15, -0.1) is 0 Å². The molecule has 0 spiro atoms. The molecule has 1 aliphatic heterocycles. The minimum atomic E-state index is -0.423. The first-order chi connectivity index (χ1) is 13.6. The molecule has 148 valence electrons. The van der Waals surface area contributed by atoms with Gasteiger partial charge < -0.3 is 20.9 Å². The first-order valence-corrected chi connectivity index (χ1v) is 9.87. The van der Waals surface area contributed by atoms with Crippen molar-refractivity contribution < 1.29 is 4.79 Å². The molecule has 1 saturated heterocycles. The fourth-order valence-electron chi connectivity index (χ4n) is 3.28. The number of para-hydroxylation sites is 1. The zero-order chi connectivity index (χ0) is 19.9. The second-order valence-corrected chi connectivity index (χ2v) is 7.07. The number of amides is 1. The number of piperazine rings is 1. The molecular formula is C21H26ClN5O. The normalized spacial score (nSPS) is 14.9. The van der Waals surface area contributed by atoms with E-state index in [-0.39, 0.29) is 0 Å². The molecule has 2 aromatic carbocycles. The summed E-state index contributed by atoms with van der Waals surface area (Å²) in [5.41, 5.74) is 7.91. The molecule has 0 bridgehead atoms. The number of carbonyl (C=O) groups is 1. The van der Waals surface area contributed by atoms with Crippen molar-refractivity contribution >= 4 is 29.2 Å². The molecule has 1 amide bonds. The van der Waals surface area contributed by atoms with E-state index in [9.17, 15) is 4.79 Å². The number of hydrogen-bond acceptors (Lipinski definition) is 3. The van der Waals surface area contributed by atoms with E-state index in [0.717, 1.165) is 55.0 Å². The van der Waals surface area contributed by atoms with Crippen LogP contribution in [0.3, 0.4) is 0 Å². The number of nitrogens with two attached hydrogens (primary N) is 1. The molecule has 3 rings (SSSR count). The molecule has 0 unspecified atom stereocenters. The van der Waals surface area contributed by atoms with Gasteiger partial charge >= 0.3 is 0 Å². The van der Waals surface area contributed by atoms with E-state index < -0.39 is 5.91 Å². The van der Waals surface area contributed by atoms with Gasteiger partial charge in [-0.1, -0.05) is 35.9 Å². The van der Waals surface area contributed by atoms with Crippen LogP contribution in [0.25, 0.3) is 0 Å². The third-order valence-corrected chi connectivity index (χ3v) is 5.05. The summed E-state index contributed by atoms with van der Waals surface area (Å²) in [6, 6.07) is 15.2. The Balaban J connectivity index is 1.66. The predicted octanol–water partition coefficient (Wildman–Crippen LogP) is 2.73. The Bertz CT molecular complexity index is 846. The summed E-state index contributed by atoms with van der Waals surface area (Å²) in [5, 5.41) is 4.15. The standard InChI is InChI=1S/C21H26ClN5O/c1-2-24-21(25-15-16-6-5-7-17(14-16)20(23)28)27-12-10-26(11-13-27)19-9-4-3-8-18(19)22/h3-9,14H,2,10-13,15H2,1H3,(H2,23,28)(H,24,25). The first-order valence-electron chi connectivity index (χ1n) is 9.50. The largest absolute Gasteiger partial charge is 0.367 e. The lowest BCUT2D eigenvalue weighted by molar-refractivity contribution is 0.1000. The molecule has 1 aliphatic rings. The second-order valence-electron chi connectivity index (χ2n) is 6.66. The van der Waals surface area contributed by atoms with E-state index in [1.807, 2.05) is 30.3 Å². The molecule has 0 aromatic heterocycles. The van der Waals surface area contributed by atoms with E-state index >= 15 is 0 Å². The highest BCUT2D eigenvalue weighted by atomic mass is 35.5. The fraction of sp³-hybridized carbons (Fsp3) is 0.333. The number of anilines is 1. The Hall–Kier alpha value is -2.73. The van der Waals surface area contributed by atoms with Gasteiger partial charge in [0, 0.05) is 38.3 Å². The summed E-state index contributed by atoms with van der Waals surface area (Å²) >= 11 is 6.33. The predicted molar refractivity (Wildman–Crippen MR) is 115 cm³/mol.